The van der Waals surface area contributed by atoms with Crippen LogP contribution in [0.15, 0.2) is 10.5 Å². The molecule has 88 valence electrons. The highest BCUT2D eigenvalue weighted by molar-refractivity contribution is 9.10. The van der Waals surface area contributed by atoms with Crippen LogP contribution in [0.4, 0.5) is 8.78 Å². The van der Waals surface area contributed by atoms with Crippen molar-refractivity contribution in [2.45, 2.75) is 6.04 Å². The summed E-state index contributed by atoms with van der Waals surface area (Å²) in [6.07, 6.45) is 0. The van der Waals surface area contributed by atoms with Crippen molar-refractivity contribution in [3.8, 4) is 5.75 Å². The summed E-state index contributed by atoms with van der Waals surface area (Å²) < 4.78 is 32.0. The third-order valence-corrected chi connectivity index (χ3v) is 3.06. The third kappa shape index (κ3) is 2.05. The van der Waals surface area contributed by atoms with Crippen LogP contribution in [0.25, 0.3) is 0 Å². The molecule has 16 heavy (non-hydrogen) atoms. The fourth-order valence-corrected chi connectivity index (χ4v) is 2.09. The topological polar surface area (TPSA) is 41.5 Å². The molecule has 1 fully saturated rings. The molecule has 2 rings (SSSR count). The van der Waals surface area contributed by atoms with E-state index in [1.807, 2.05) is 0 Å². The molecule has 0 unspecified atom stereocenters. The maximum Gasteiger partial charge on any atom is 0.167 e. The second-order valence-corrected chi connectivity index (χ2v) is 4.35. The summed E-state index contributed by atoms with van der Waals surface area (Å²) in [6.45, 7) is 1.27. The van der Waals surface area contributed by atoms with Crippen molar-refractivity contribution in [2.75, 3.05) is 19.8 Å². The van der Waals surface area contributed by atoms with Crippen LogP contribution < -0.4 is 5.32 Å². The number of halogens is 3. The Morgan fingerprint density at radius 1 is 1.50 bits per heavy atom. The van der Waals surface area contributed by atoms with E-state index in [0.717, 1.165) is 6.07 Å². The molecule has 0 spiro atoms. The Bertz CT molecular complexity index is 382. The molecule has 1 atom stereocenters. The zero-order valence-corrected chi connectivity index (χ0v) is 9.85. The first-order chi connectivity index (χ1) is 7.61. The molecule has 0 aromatic heterocycles. The van der Waals surface area contributed by atoms with Gasteiger partial charge in [-0.15, -0.1) is 0 Å². The Balaban J connectivity index is 2.45. The Labute approximate surface area is 99.5 Å². The molecule has 1 aromatic rings. The normalized spacial score (nSPS) is 21.1. The lowest BCUT2D eigenvalue weighted by atomic mass is 10.0. The molecule has 1 heterocycles. The van der Waals surface area contributed by atoms with Crippen LogP contribution in [0.3, 0.4) is 0 Å². The van der Waals surface area contributed by atoms with Crippen molar-refractivity contribution in [1.82, 2.24) is 5.32 Å². The highest BCUT2D eigenvalue weighted by atomic mass is 79.9. The van der Waals surface area contributed by atoms with Crippen LogP contribution >= 0.6 is 15.9 Å². The lowest BCUT2D eigenvalue weighted by molar-refractivity contribution is 0.0746. The molecule has 0 radical (unpaired) electrons. The van der Waals surface area contributed by atoms with Gasteiger partial charge in [0.05, 0.1) is 29.3 Å². The number of benzene rings is 1. The van der Waals surface area contributed by atoms with Gasteiger partial charge in [0, 0.05) is 6.54 Å². The molecule has 0 bridgehead atoms. The predicted octanol–water partition coefficient (Wildman–Crippen LogP) is 2.09. The molecule has 6 heteroatoms. The van der Waals surface area contributed by atoms with Gasteiger partial charge >= 0.3 is 0 Å². The van der Waals surface area contributed by atoms with Crippen molar-refractivity contribution >= 4 is 15.9 Å². The Kier molecular flexibility index (Phi) is 3.41. The quantitative estimate of drug-likeness (QED) is 0.779. The average Bonchev–Trinajstić information content (AvgIpc) is 2.28. The number of hydrogen-bond donors (Lipinski definition) is 2. The molecule has 0 amide bonds. The number of hydrogen-bond acceptors (Lipinski definition) is 3. The fourth-order valence-electron chi connectivity index (χ4n) is 1.67. The van der Waals surface area contributed by atoms with Gasteiger partial charge in [-0.25, -0.2) is 8.78 Å². The second kappa shape index (κ2) is 4.65. The summed E-state index contributed by atoms with van der Waals surface area (Å²) in [5, 5.41) is 12.7. The number of phenols is 1. The molecule has 1 aliphatic heterocycles. The Hall–Kier alpha value is -0.720. The van der Waals surface area contributed by atoms with Gasteiger partial charge in [0.15, 0.2) is 11.6 Å². The van der Waals surface area contributed by atoms with E-state index in [0.29, 0.717) is 13.2 Å². The van der Waals surface area contributed by atoms with Crippen molar-refractivity contribution in [3.05, 3.63) is 27.7 Å². The van der Waals surface area contributed by atoms with Gasteiger partial charge < -0.3 is 15.2 Å². The van der Waals surface area contributed by atoms with E-state index in [1.54, 1.807) is 0 Å². The fraction of sp³-hybridized carbons (Fsp3) is 0.400. The van der Waals surface area contributed by atoms with Gasteiger partial charge in [-0.1, -0.05) is 0 Å². The van der Waals surface area contributed by atoms with E-state index in [2.05, 4.69) is 21.2 Å². The largest absolute Gasteiger partial charge is 0.506 e. The minimum absolute atomic E-state index is 0.0911. The van der Waals surface area contributed by atoms with E-state index in [9.17, 15) is 13.9 Å². The number of aromatic hydroxyl groups is 1. The maximum atomic E-state index is 13.6. The van der Waals surface area contributed by atoms with Crippen LogP contribution in [0, 0.1) is 11.6 Å². The number of ether oxygens (including phenoxy) is 1. The van der Waals surface area contributed by atoms with Crippen molar-refractivity contribution < 1.29 is 18.6 Å². The van der Waals surface area contributed by atoms with Crippen LogP contribution in [0.2, 0.25) is 0 Å². The van der Waals surface area contributed by atoms with Gasteiger partial charge in [0.2, 0.25) is 0 Å². The summed E-state index contributed by atoms with van der Waals surface area (Å²) in [5.74, 6) is -2.32. The summed E-state index contributed by atoms with van der Waals surface area (Å²) >= 11 is 2.97. The van der Waals surface area contributed by atoms with Gasteiger partial charge in [0.1, 0.15) is 5.75 Å². The lowest BCUT2D eigenvalue weighted by Crippen LogP contribution is -2.35. The van der Waals surface area contributed by atoms with Gasteiger partial charge in [0.25, 0.3) is 0 Å². The molecule has 1 aromatic carbocycles. The van der Waals surface area contributed by atoms with Gasteiger partial charge in [-0.2, -0.15) is 0 Å². The zero-order valence-electron chi connectivity index (χ0n) is 8.27. The molecular formula is C10H10BrF2NO2. The Morgan fingerprint density at radius 3 is 2.88 bits per heavy atom. The first-order valence-corrected chi connectivity index (χ1v) is 5.58. The maximum absolute atomic E-state index is 13.6. The molecular weight excluding hydrogens is 284 g/mol. The highest BCUT2D eigenvalue weighted by Crippen LogP contribution is 2.36. The molecule has 0 saturated carbocycles. The minimum Gasteiger partial charge on any atom is -0.506 e. The molecule has 1 aliphatic rings. The number of morpholine rings is 1. The first kappa shape index (κ1) is 11.8. The van der Waals surface area contributed by atoms with E-state index in [1.165, 1.54) is 0 Å². The van der Waals surface area contributed by atoms with E-state index in [4.69, 9.17) is 4.74 Å². The summed E-state index contributed by atoms with van der Waals surface area (Å²) in [6, 6.07) is 0.374. The van der Waals surface area contributed by atoms with Crippen LogP contribution in [-0.2, 0) is 4.74 Å². The summed E-state index contributed by atoms with van der Waals surface area (Å²) in [7, 11) is 0. The standard InChI is InChI=1S/C10H10BrF2NO2/c11-5-3-6(12)9(13)8(10(5)15)7-4-16-2-1-14-7/h3,7,14-15H,1-2,4H2/t7-/m0/s1. The predicted molar refractivity (Wildman–Crippen MR) is 57.3 cm³/mol. The zero-order chi connectivity index (χ0) is 11.7. The first-order valence-electron chi connectivity index (χ1n) is 4.78. The van der Waals surface area contributed by atoms with Crippen LogP contribution in [-0.4, -0.2) is 24.9 Å². The summed E-state index contributed by atoms with van der Waals surface area (Å²) in [4.78, 5) is 0. The average molecular weight is 294 g/mol. The van der Waals surface area contributed by atoms with Crippen molar-refractivity contribution in [2.24, 2.45) is 0 Å². The SMILES string of the molecule is Oc1c(Br)cc(F)c(F)c1[C@@H]1COCCN1. The molecule has 0 aliphatic carbocycles. The van der Waals surface area contributed by atoms with Gasteiger partial charge in [-0.05, 0) is 22.0 Å². The van der Waals surface area contributed by atoms with Crippen molar-refractivity contribution in [1.29, 1.82) is 0 Å². The summed E-state index contributed by atoms with van der Waals surface area (Å²) in [5.41, 5.74) is -0.0911. The van der Waals surface area contributed by atoms with Gasteiger partial charge in [-0.3, -0.25) is 0 Å². The number of nitrogens with one attached hydrogen (secondary N) is 1. The van der Waals surface area contributed by atoms with Crippen LogP contribution in [0.1, 0.15) is 11.6 Å². The molecule has 3 nitrogen and oxygen atoms in total. The highest BCUT2D eigenvalue weighted by Gasteiger charge is 2.26. The van der Waals surface area contributed by atoms with E-state index >= 15 is 0 Å². The minimum atomic E-state index is -1.04. The lowest BCUT2D eigenvalue weighted by Gasteiger charge is -2.25. The van der Waals surface area contributed by atoms with E-state index < -0.39 is 17.7 Å². The smallest absolute Gasteiger partial charge is 0.167 e. The monoisotopic (exact) mass is 293 g/mol. The number of rotatable bonds is 1. The molecule has 2 N–H and O–H groups in total. The van der Waals surface area contributed by atoms with Crippen molar-refractivity contribution in [3.63, 3.8) is 0 Å². The molecule has 1 saturated heterocycles. The number of phenolic OH excluding ortho intramolecular Hbond substituents is 1. The Morgan fingerprint density at radius 2 is 2.25 bits per heavy atom. The third-order valence-electron chi connectivity index (χ3n) is 2.45. The van der Waals surface area contributed by atoms with Crippen LogP contribution in [0.5, 0.6) is 5.75 Å². The second-order valence-electron chi connectivity index (χ2n) is 3.50. The van der Waals surface area contributed by atoms with E-state index in [-0.39, 0.29) is 22.4 Å².